The van der Waals surface area contributed by atoms with Crippen molar-refractivity contribution in [1.29, 1.82) is 0 Å². The van der Waals surface area contributed by atoms with Gasteiger partial charge in [0.2, 0.25) is 0 Å². The molecule has 0 radical (unpaired) electrons. The molecule has 0 aliphatic heterocycles. The van der Waals surface area contributed by atoms with Gasteiger partial charge in [-0.3, -0.25) is 4.79 Å². The van der Waals surface area contributed by atoms with E-state index in [0.29, 0.717) is 14.3 Å². The molecular formula is C17H21O2PSi. The first-order valence-corrected chi connectivity index (χ1v) is 11.5. The van der Waals surface area contributed by atoms with Gasteiger partial charge in [0, 0.05) is 10.9 Å². The van der Waals surface area contributed by atoms with Crippen LogP contribution in [-0.4, -0.2) is 19.0 Å². The van der Waals surface area contributed by atoms with Crippen LogP contribution in [0.2, 0.25) is 19.6 Å². The number of rotatable bonds is 4. The average molecular weight is 316 g/mol. The number of Topliss-reactive ketones (excluding diaryl/α,β-unsaturated/α-hetero) is 1. The molecule has 0 saturated carbocycles. The Bertz CT molecular complexity index is 675. The highest BCUT2D eigenvalue weighted by Crippen LogP contribution is 2.20. The van der Waals surface area contributed by atoms with E-state index >= 15 is 0 Å². The zero-order valence-electron chi connectivity index (χ0n) is 12.9. The van der Waals surface area contributed by atoms with Crippen LogP contribution in [0.5, 0.6) is 5.75 Å². The van der Waals surface area contributed by atoms with Gasteiger partial charge in [0.1, 0.15) is 5.75 Å². The molecule has 0 aliphatic rings. The summed E-state index contributed by atoms with van der Waals surface area (Å²) in [5.41, 5.74) is 0.744. The molecule has 0 spiro atoms. The van der Waals surface area contributed by atoms with Gasteiger partial charge < -0.3 is 5.11 Å². The molecule has 1 atom stereocenters. The van der Waals surface area contributed by atoms with Crippen molar-refractivity contribution in [2.24, 2.45) is 0 Å². The van der Waals surface area contributed by atoms with Crippen LogP contribution < -0.4 is 15.8 Å². The van der Waals surface area contributed by atoms with Crippen molar-refractivity contribution in [3.05, 3.63) is 48.0 Å². The van der Waals surface area contributed by atoms with E-state index < -0.39 is 8.07 Å². The molecule has 2 rings (SSSR count). The highest BCUT2D eigenvalue weighted by molar-refractivity contribution is 7.56. The summed E-state index contributed by atoms with van der Waals surface area (Å²) in [7, 11) is -1.12. The van der Waals surface area contributed by atoms with Gasteiger partial charge in [0.15, 0.2) is 5.78 Å². The zero-order valence-corrected chi connectivity index (χ0v) is 14.9. The van der Waals surface area contributed by atoms with Crippen LogP contribution in [0.15, 0.2) is 42.5 Å². The minimum absolute atomic E-state index is 0.0685. The van der Waals surface area contributed by atoms with Crippen molar-refractivity contribution in [1.82, 2.24) is 0 Å². The van der Waals surface area contributed by atoms with Gasteiger partial charge >= 0.3 is 0 Å². The Labute approximate surface area is 129 Å². The molecule has 4 heteroatoms. The maximum atomic E-state index is 11.7. The van der Waals surface area contributed by atoms with E-state index in [1.54, 1.807) is 13.0 Å². The largest absolute Gasteiger partial charge is 0.507 e. The van der Waals surface area contributed by atoms with Crippen LogP contribution in [0.1, 0.15) is 17.3 Å². The molecule has 2 aromatic rings. The van der Waals surface area contributed by atoms with Gasteiger partial charge in [-0.05, 0) is 18.3 Å². The van der Waals surface area contributed by atoms with Gasteiger partial charge in [0.25, 0.3) is 0 Å². The molecule has 0 aromatic heterocycles. The Morgan fingerprint density at radius 3 is 2.33 bits per heavy atom. The zero-order chi connectivity index (χ0) is 15.6. The van der Waals surface area contributed by atoms with Gasteiger partial charge in [-0.15, -0.1) is 0 Å². The summed E-state index contributed by atoms with van der Waals surface area (Å²) in [6, 6.07) is 13.5. The van der Waals surface area contributed by atoms with Gasteiger partial charge in [-0.25, -0.2) is 0 Å². The minimum Gasteiger partial charge on any atom is -0.507 e. The maximum Gasteiger partial charge on any atom is 0.160 e. The van der Waals surface area contributed by atoms with Crippen molar-refractivity contribution in [3.63, 3.8) is 0 Å². The fourth-order valence-electron chi connectivity index (χ4n) is 2.15. The first kappa shape index (κ1) is 15.9. The fourth-order valence-corrected chi connectivity index (χ4v) is 4.75. The third-order valence-electron chi connectivity index (χ3n) is 3.44. The summed E-state index contributed by atoms with van der Waals surface area (Å²) in [5, 5.41) is 13.4. The van der Waals surface area contributed by atoms with Gasteiger partial charge in [-0.2, -0.15) is 0 Å². The standard InChI is InChI=1S/C17H21O2PSi/c1-12(18)14-7-5-6-8-16(14)20-17-11-13(21(2,3)4)9-10-15(17)19/h5-11,19-20H,1-4H3. The molecule has 0 bridgehead atoms. The smallest absolute Gasteiger partial charge is 0.160 e. The Morgan fingerprint density at radius 1 is 1.05 bits per heavy atom. The summed E-state index contributed by atoms with van der Waals surface area (Å²) in [6.45, 7) is 8.45. The van der Waals surface area contributed by atoms with E-state index in [2.05, 4.69) is 25.7 Å². The molecule has 21 heavy (non-hydrogen) atoms. The molecule has 0 fully saturated rings. The van der Waals surface area contributed by atoms with Crippen LogP contribution in [0, 0.1) is 0 Å². The lowest BCUT2D eigenvalue weighted by atomic mass is 10.1. The van der Waals surface area contributed by atoms with Gasteiger partial charge in [-0.1, -0.05) is 69.8 Å². The first-order valence-electron chi connectivity index (χ1n) is 6.99. The highest BCUT2D eigenvalue weighted by atomic mass is 31.1. The van der Waals surface area contributed by atoms with Crippen molar-refractivity contribution in [2.75, 3.05) is 0 Å². The quantitative estimate of drug-likeness (QED) is 0.535. The SMILES string of the molecule is CC(=O)c1ccccc1Pc1cc([Si](C)(C)C)ccc1O. The average Bonchev–Trinajstić information content (AvgIpc) is 2.40. The van der Waals surface area contributed by atoms with Crippen LogP contribution in [0.3, 0.4) is 0 Å². The molecule has 0 amide bonds. The Hall–Kier alpha value is -1.44. The van der Waals surface area contributed by atoms with E-state index in [-0.39, 0.29) is 5.78 Å². The highest BCUT2D eigenvalue weighted by Gasteiger charge is 2.18. The second kappa shape index (κ2) is 6.13. The molecule has 1 unspecified atom stereocenters. The number of phenolic OH excluding ortho intramolecular Hbond substituents is 1. The number of aromatic hydroxyl groups is 1. The predicted molar refractivity (Wildman–Crippen MR) is 95.1 cm³/mol. The van der Waals surface area contributed by atoms with Crippen molar-refractivity contribution in [2.45, 2.75) is 26.6 Å². The molecule has 0 saturated heterocycles. The van der Waals surface area contributed by atoms with Crippen molar-refractivity contribution < 1.29 is 9.90 Å². The van der Waals surface area contributed by atoms with Crippen LogP contribution in [-0.2, 0) is 0 Å². The van der Waals surface area contributed by atoms with Gasteiger partial charge in [0.05, 0.1) is 8.07 Å². The third kappa shape index (κ3) is 3.81. The summed E-state index contributed by atoms with van der Waals surface area (Å²) in [5.74, 6) is 0.382. The second-order valence-electron chi connectivity index (χ2n) is 6.21. The first-order chi connectivity index (χ1) is 9.79. The molecule has 2 aromatic carbocycles. The summed E-state index contributed by atoms with van der Waals surface area (Å²) >= 11 is 0. The number of hydrogen-bond donors (Lipinski definition) is 1. The molecule has 2 nitrogen and oxygen atoms in total. The monoisotopic (exact) mass is 316 g/mol. The normalized spacial score (nSPS) is 12.0. The molecule has 1 N–H and O–H groups in total. The van der Waals surface area contributed by atoms with E-state index in [1.807, 2.05) is 30.3 Å². The number of hydrogen-bond acceptors (Lipinski definition) is 2. The van der Waals surface area contributed by atoms with Crippen LogP contribution in [0.4, 0.5) is 0 Å². The Morgan fingerprint density at radius 2 is 1.71 bits per heavy atom. The number of carbonyl (C=O) groups is 1. The topological polar surface area (TPSA) is 37.3 Å². The summed E-state index contributed by atoms with van der Waals surface area (Å²) in [6.07, 6.45) is 0. The fraction of sp³-hybridized carbons (Fsp3) is 0.235. The predicted octanol–water partition coefficient (Wildman–Crippen LogP) is 2.77. The molecule has 0 heterocycles. The Balaban J connectivity index is 2.43. The summed E-state index contributed by atoms with van der Waals surface area (Å²) < 4.78 is 0. The van der Waals surface area contributed by atoms with Crippen LogP contribution in [0.25, 0.3) is 0 Å². The lowest BCUT2D eigenvalue weighted by Crippen LogP contribution is -2.38. The third-order valence-corrected chi connectivity index (χ3v) is 6.86. The summed E-state index contributed by atoms with van der Waals surface area (Å²) in [4.78, 5) is 11.7. The van der Waals surface area contributed by atoms with Crippen molar-refractivity contribution in [3.8, 4) is 5.75 Å². The lowest BCUT2D eigenvalue weighted by molar-refractivity contribution is 0.101. The minimum atomic E-state index is -1.41. The molecular weight excluding hydrogens is 295 g/mol. The number of carbonyl (C=O) groups excluding carboxylic acids is 1. The second-order valence-corrected chi connectivity index (χ2v) is 12.6. The maximum absolute atomic E-state index is 11.7. The number of benzene rings is 2. The van der Waals surface area contributed by atoms with E-state index in [0.717, 1.165) is 16.2 Å². The van der Waals surface area contributed by atoms with E-state index in [4.69, 9.17) is 0 Å². The molecule has 0 aliphatic carbocycles. The molecule has 110 valence electrons. The van der Waals surface area contributed by atoms with Crippen LogP contribution >= 0.6 is 8.58 Å². The number of ketones is 1. The van der Waals surface area contributed by atoms with Crippen molar-refractivity contribution >= 4 is 38.2 Å². The number of phenols is 1. The lowest BCUT2D eigenvalue weighted by Gasteiger charge is -2.18. The van der Waals surface area contributed by atoms with E-state index in [9.17, 15) is 9.90 Å². The Kier molecular flexibility index (Phi) is 4.65. The van der Waals surface area contributed by atoms with E-state index in [1.165, 1.54) is 5.19 Å².